The molecule has 0 rings (SSSR count). The molecule has 0 aliphatic heterocycles. The molecule has 0 heterocycles. The first-order valence-electron chi connectivity index (χ1n) is 13.3. The molecular formula is C26H52N4O7SSi. The van der Waals surface area contributed by atoms with Gasteiger partial charge in [0.25, 0.3) is 0 Å². The second-order valence-corrected chi connectivity index (χ2v) is 18.1. The van der Waals surface area contributed by atoms with E-state index in [0.717, 1.165) is 14.7 Å². The maximum absolute atomic E-state index is 13.5. The Morgan fingerprint density at radius 1 is 0.949 bits per heavy atom. The quantitative estimate of drug-likeness (QED) is 0.319. The summed E-state index contributed by atoms with van der Waals surface area (Å²) < 4.78 is 23.7. The molecule has 0 bridgehead atoms. The first kappa shape index (κ1) is 37.2. The van der Waals surface area contributed by atoms with Crippen molar-refractivity contribution in [3.63, 3.8) is 0 Å². The molecule has 0 aliphatic carbocycles. The van der Waals surface area contributed by atoms with Gasteiger partial charge < -0.3 is 15.1 Å². The van der Waals surface area contributed by atoms with E-state index in [1.54, 1.807) is 6.92 Å². The largest absolute Gasteiger partial charge is 0.411 e. The fraction of sp³-hybridized carbons (Fsp3) is 0.846. The molecule has 2 N–H and O–H groups in total. The predicted molar refractivity (Wildman–Crippen MR) is 157 cm³/mol. The standard InChI is InChI=1S/C26H52N4O7SSi/c1-17(2)14-15-20(31)28(8)24(33)30(10)25(34)29(9)21(23(27)32)22(37-39(12,13)26(5,6)7)18(3)16-19(4)36-38(11)35/h17-19,21-22H,14-16H2,1-13H3,(H2,27,32)/t18-,19?,21+,22-,38?/m1/s1. The lowest BCUT2D eigenvalue weighted by Gasteiger charge is -2.45. The summed E-state index contributed by atoms with van der Waals surface area (Å²) in [5.74, 6) is -1.26. The molecule has 0 aromatic rings. The molecule has 0 aliphatic rings. The predicted octanol–water partition coefficient (Wildman–Crippen LogP) is 3.95. The summed E-state index contributed by atoms with van der Waals surface area (Å²) in [5, 5.41) is -0.214. The van der Waals surface area contributed by atoms with Crippen molar-refractivity contribution in [3.8, 4) is 0 Å². The lowest BCUT2D eigenvalue weighted by atomic mass is 9.92. The van der Waals surface area contributed by atoms with Crippen LogP contribution >= 0.6 is 0 Å². The highest BCUT2D eigenvalue weighted by molar-refractivity contribution is 7.79. The van der Waals surface area contributed by atoms with Crippen LogP contribution in [0, 0.1) is 11.8 Å². The van der Waals surface area contributed by atoms with E-state index in [1.165, 1.54) is 27.4 Å². The van der Waals surface area contributed by atoms with Crippen molar-refractivity contribution in [1.29, 1.82) is 0 Å². The summed E-state index contributed by atoms with van der Waals surface area (Å²) >= 11 is -1.48. The van der Waals surface area contributed by atoms with Crippen LogP contribution in [0.15, 0.2) is 0 Å². The highest BCUT2D eigenvalue weighted by atomic mass is 32.2. The van der Waals surface area contributed by atoms with Gasteiger partial charge in [-0.2, -0.15) is 0 Å². The number of urea groups is 2. The lowest BCUT2D eigenvalue weighted by molar-refractivity contribution is -0.128. The number of imide groups is 2. The molecule has 11 nitrogen and oxygen atoms in total. The third kappa shape index (κ3) is 11.3. The normalized spacial score (nSPS) is 16.2. The van der Waals surface area contributed by atoms with Crippen LogP contribution in [0.2, 0.25) is 18.1 Å². The molecular weight excluding hydrogens is 540 g/mol. The van der Waals surface area contributed by atoms with Crippen LogP contribution < -0.4 is 5.73 Å². The van der Waals surface area contributed by atoms with Crippen LogP contribution in [0.1, 0.15) is 67.7 Å². The Hall–Kier alpha value is -1.83. The van der Waals surface area contributed by atoms with Crippen molar-refractivity contribution in [1.82, 2.24) is 14.7 Å². The zero-order chi connectivity index (χ0) is 31.0. The van der Waals surface area contributed by atoms with E-state index in [1.807, 2.05) is 33.9 Å². The molecule has 0 fully saturated rings. The van der Waals surface area contributed by atoms with Gasteiger partial charge in [-0.3, -0.25) is 18.7 Å². The van der Waals surface area contributed by atoms with E-state index in [-0.39, 0.29) is 23.3 Å². The van der Waals surface area contributed by atoms with Crippen molar-refractivity contribution in [2.24, 2.45) is 17.6 Å². The monoisotopic (exact) mass is 592 g/mol. The number of hydrogen-bond acceptors (Lipinski definition) is 7. The summed E-state index contributed by atoms with van der Waals surface area (Å²) in [7, 11) is 1.48. The molecule has 0 aromatic carbocycles. The maximum atomic E-state index is 13.5. The van der Waals surface area contributed by atoms with Gasteiger partial charge in [0.05, 0.1) is 12.2 Å². The number of nitrogens with zero attached hydrogens (tertiary/aromatic N) is 3. The second kappa shape index (κ2) is 15.2. The summed E-state index contributed by atoms with van der Waals surface area (Å²) in [4.78, 5) is 54.6. The average Bonchev–Trinajstić information content (AvgIpc) is 2.78. The molecule has 0 radical (unpaired) electrons. The van der Waals surface area contributed by atoms with Crippen molar-refractivity contribution < 1.29 is 32.0 Å². The summed E-state index contributed by atoms with van der Waals surface area (Å²) in [6.07, 6.45) is 1.34. The Morgan fingerprint density at radius 2 is 1.46 bits per heavy atom. The molecule has 2 unspecified atom stereocenters. The highest BCUT2D eigenvalue weighted by Gasteiger charge is 2.46. The maximum Gasteiger partial charge on any atom is 0.334 e. The van der Waals surface area contributed by atoms with Crippen LogP contribution in [0.25, 0.3) is 0 Å². The minimum Gasteiger partial charge on any atom is -0.411 e. The van der Waals surface area contributed by atoms with Gasteiger partial charge in [-0.15, -0.1) is 0 Å². The zero-order valence-corrected chi connectivity index (χ0v) is 28.0. The number of rotatable bonds is 13. The summed E-state index contributed by atoms with van der Waals surface area (Å²) in [5.41, 5.74) is 5.86. The van der Waals surface area contributed by atoms with E-state index in [2.05, 4.69) is 20.8 Å². The van der Waals surface area contributed by atoms with E-state index < -0.39 is 61.5 Å². The van der Waals surface area contributed by atoms with Gasteiger partial charge in [-0.1, -0.05) is 41.5 Å². The van der Waals surface area contributed by atoms with E-state index in [0.29, 0.717) is 12.8 Å². The highest BCUT2D eigenvalue weighted by Crippen LogP contribution is 2.39. The Morgan fingerprint density at radius 3 is 1.87 bits per heavy atom. The fourth-order valence-corrected chi connectivity index (χ4v) is 5.80. The Labute approximate surface area is 238 Å². The molecule has 6 amide bonds. The molecule has 0 spiro atoms. The number of carbonyl (C=O) groups excluding carboxylic acids is 4. The van der Waals surface area contributed by atoms with E-state index in [4.69, 9.17) is 14.3 Å². The van der Waals surface area contributed by atoms with Gasteiger partial charge in [-0.25, -0.2) is 18.7 Å². The molecule has 0 aromatic heterocycles. The Balaban J connectivity index is 6.23. The number of primary amides is 1. The SMILES string of the molecule is CC(C)CCC(=O)N(C)C(=O)N(C)C(=O)N(C)[C@H](C(N)=O)[C@H](O[Si](C)(C)C(C)(C)C)[C@H](C)CC(C)OS(C)=O. The van der Waals surface area contributed by atoms with Crippen molar-refractivity contribution in [3.05, 3.63) is 0 Å². The van der Waals surface area contributed by atoms with Gasteiger partial charge >= 0.3 is 12.1 Å². The summed E-state index contributed by atoms with van der Waals surface area (Å²) in [6.45, 7) is 17.8. The molecule has 5 atom stereocenters. The third-order valence-electron chi connectivity index (χ3n) is 7.29. The van der Waals surface area contributed by atoms with Gasteiger partial charge in [-0.05, 0) is 49.7 Å². The third-order valence-corrected chi connectivity index (χ3v) is 12.4. The first-order chi connectivity index (χ1) is 17.5. The zero-order valence-electron chi connectivity index (χ0n) is 26.2. The Bertz CT molecular complexity index is 894. The molecule has 13 heteroatoms. The van der Waals surface area contributed by atoms with Crippen molar-refractivity contribution in [2.45, 2.75) is 104 Å². The minimum absolute atomic E-state index is 0.171. The lowest BCUT2D eigenvalue weighted by Crippen LogP contribution is -2.61. The topological polar surface area (TPSA) is 140 Å². The van der Waals surface area contributed by atoms with Crippen LogP contribution in [0.5, 0.6) is 0 Å². The van der Waals surface area contributed by atoms with Crippen LogP contribution in [-0.4, -0.2) is 96.8 Å². The van der Waals surface area contributed by atoms with Gasteiger partial charge in [0.2, 0.25) is 11.8 Å². The smallest absolute Gasteiger partial charge is 0.334 e. The average molecular weight is 593 g/mol. The number of carbonyl (C=O) groups is 4. The minimum atomic E-state index is -2.48. The first-order valence-corrected chi connectivity index (χ1v) is 17.7. The van der Waals surface area contributed by atoms with Crippen LogP contribution in [0.3, 0.4) is 0 Å². The second-order valence-electron chi connectivity index (χ2n) is 12.3. The van der Waals surface area contributed by atoms with Crippen molar-refractivity contribution in [2.75, 3.05) is 27.4 Å². The number of amides is 6. The number of likely N-dealkylation sites (N-methyl/N-ethyl adjacent to an activating group) is 1. The van der Waals surface area contributed by atoms with Crippen LogP contribution in [-0.2, 0) is 29.3 Å². The van der Waals surface area contributed by atoms with E-state index >= 15 is 0 Å². The molecule has 0 saturated heterocycles. The molecule has 0 saturated carbocycles. The van der Waals surface area contributed by atoms with Crippen LogP contribution in [0.4, 0.5) is 9.59 Å². The fourth-order valence-electron chi connectivity index (χ4n) is 3.86. The van der Waals surface area contributed by atoms with Gasteiger partial charge in [0, 0.05) is 33.8 Å². The Kier molecular flexibility index (Phi) is 14.5. The molecule has 39 heavy (non-hydrogen) atoms. The molecule has 228 valence electrons. The van der Waals surface area contributed by atoms with E-state index in [9.17, 15) is 23.4 Å². The van der Waals surface area contributed by atoms with Crippen molar-refractivity contribution >= 4 is 43.3 Å². The van der Waals surface area contributed by atoms with Gasteiger partial charge in [0.1, 0.15) is 6.04 Å². The number of nitrogens with two attached hydrogens (primary N) is 1. The summed E-state index contributed by atoms with van der Waals surface area (Å²) in [6, 6.07) is -2.84. The van der Waals surface area contributed by atoms with Gasteiger partial charge in [0.15, 0.2) is 19.4 Å². The number of hydrogen-bond donors (Lipinski definition) is 1.